The summed E-state index contributed by atoms with van der Waals surface area (Å²) in [6.07, 6.45) is 5.61. The molecule has 0 bridgehead atoms. The van der Waals surface area contributed by atoms with Gasteiger partial charge in [-0.1, -0.05) is 0 Å². The molecule has 0 unspecified atom stereocenters. The van der Waals surface area contributed by atoms with Crippen LogP contribution < -0.4 is 0 Å². The molecule has 0 amide bonds. The molecule has 0 saturated heterocycles. The summed E-state index contributed by atoms with van der Waals surface area (Å²) in [7, 11) is 0. The lowest BCUT2D eigenvalue weighted by atomic mass is 10.2. The number of aromatic nitrogens is 2. The van der Waals surface area contributed by atoms with Crippen molar-refractivity contribution in [1.82, 2.24) is 9.55 Å². The number of alkyl halides is 1. The van der Waals surface area contributed by atoms with Crippen molar-refractivity contribution in [3.8, 4) is 0 Å². The summed E-state index contributed by atoms with van der Waals surface area (Å²) in [6, 6.07) is 0.0486. The molecule has 1 aromatic rings. The van der Waals surface area contributed by atoms with Gasteiger partial charge in [-0.3, -0.25) is 0 Å². The average molecular weight is 168 g/mol. The van der Waals surface area contributed by atoms with Crippen LogP contribution in [0.5, 0.6) is 0 Å². The SMILES string of the molecule is Cc1nccn1[C@@H]1CCC[C@H]1F. The maximum atomic E-state index is 13.3. The third-order valence-corrected chi connectivity index (χ3v) is 2.62. The van der Waals surface area contributed by atoms with Crippen LogP contribution in [-0.4, -0.2) is 15.7 Å². The fourth-order valence-electron chi connectivity index (χ4n) is 1.95. The summed E-state index contributed by atoms with van der Waals surface area (Å²) in [5.74, 6) is 0.921. The zero-order valence-corrected chi connectivity index (χ0v) is 7.20. The van der Waals surface area contributed by atoms with E-state index in [4.69, 9.17) is 0 Å². The molecule has 2 rings (SSSR count). The summed E-state index contributed by atoms with van der Waals surface area (Å²) in [6.45, 7) is 1.92. The molecule has 0 spiro atoms. The van der Waals surface area contributed by atoms with Gasteiger partial charge in [0, 0.05) is 12.4 Å². The van der Waals surface area contributed by atoms with Crippen molar-refractivity contribution in [2.75, 3.05) is 0 Å². The van der Waals surface area contributed by atoms with Gasteiger partial charge in [-0.15, -0.1) is 0 Å². The Morgan fingerprint density at radius 1 is 1.58 bits per heavy atom. The first-order chi connectivity index (χ1) is 5.79. The maximum Gasteiger partial charge on any atom is 0.121 e. The topological polar surface area (TPSA) is 17.8 Å². The Labute approximate surface area is 71.4 Å². The molecule has 1 heterocycles. The number of halogens is 1. The average Bonchev–Trinajstić information content (AvgIpc) is 2.59. The van der Waals surface area contributed by atoms with Crippen molar-refractivity contribution in [3.63, 3.8) is 0 Å². The highest BCUT2D eigenvalue weighted by Crippen LogP contribution is 2.32. The highest BCUT2D eigenvalue weighted by Gasteiger charge is 2.28. The molecule has 1 saturated carbocycles. The molecular weight excluding hydrogens is 155 g/mol. The van der Waals surface area contributed by atoms with Crippen LogP contribution >= 0.6 is 0 Å². The van der Waals surface area contributed by atoms with Crippen LogP contribution in [0.4, 0.5) is 4.39 Å². The predicted octanol–water partition coefficient (Wildman–Crippen LogP) is 2.25. The summed E-state index contributed by atoms with van der Waals surface area (Å²) >= 11 is 0. The molecule has 66 valence electrons. The summed E-state index contributed by atoms with van der Waals surface area (Å²) in [5.41, 5.74) is 0. The minimum absolute atomic E-state index is 0.0486. The zero-order valence-electron chi connectivity index (χ0n) is 7.20. The highest BCUT2D eigenvalue weighted by atomic mass is 19.1. The zero-order chi connectivity index (χ0) is 8.55. The largest absolute Gasteiger partial charge is 0.329 e. The first kappa shape index (κ1) is 7.77. The second kappa shape index (κ2) is 2.88. The molecule has 12 heavy (non-hydrogen) atoms. The van der Waals surface area contributed by atoms with Crippen molar-refractivity contribution in [2.24, 2.45) is 0 Å². The Morgan fingerprint density at radius 2 is 2.42 bits per heavy atom. The summed E-state index contributed by atoms with van der Waals surface area (Å²) < 4.78 is 15.2. The van der Waals surface area contributed by atoms with Crippen LogP contribution in [0.2, 0.25) is 0 Å². The Hall–Kier alpha value is -0.860. The predicted molar refractivity (Wildman–Crippen MR) is 44.7 cm³/mol. The highest BCUT2D eigenvalue weighted by molar-refractivity contribution is 4.96. The number of hydrogen-bond donors (Lipinski definition) is 0. The van der Waals surface area contributed by atoms with Gasteiger partial charge in [-0.2, -0.15) is 0 Å². The van der Waals surface area contributed by atoms with E-state index in [2.05, 4.69) is 4.98 Å². The maximum absolute atomic E-state index is 13.3. The van der Waals surface area contributed by atoms with Gasteiger partial charge in [0.05, 0.1) is 6.04 Å². The van der Waals surface area contributed by atoms with Crippen molar-refractivity contribution in [3.05, 3.63) is 18.2 Å². The van der Waals surface area contributed by atoms with Gasteiger partial charge in [0.2, 0.25) is 0 Å². The Balaban J connectivity index is 2.24. The molecular formula is C9H13FN2. The molecule has 1 aliphatic rings. The van der Waals surface area contributed by atoms with Gasteiger partial charge in [0.1, 0.15) is 12.0 Å². The first-order valence-electron chi connectivity index (χ1n) is 4.42. The normalized spacial score (nSPS) is 29.5. The van der Waals surface area contributed by atoms with Crippen LogP contribution in [-0.2, 0) is 0 Å². The molecule has 1 aliphatic carbocycles. The second-order valence-electron chi connectivity index (χ2n) is 3.40. The van der Waals surface area contributed by atoms with Gasteiger partial charge in [0.15, 0.2) is 0 Å². The number of imidazole rings is 1. The van der Waals surface area contributed by atoms with E-state index in [0.29, 0.717) is 6.42 Å². The molecule has 3 heteroatoms. The van der Waals surface area contributed by atoms with Gasteiger partial charge in [-0.05, 0) is 26.2 Å². The van der Waals surface area contributed by atoms with E-state index in [1.165, 1.54) is 0 Å². The fourth-order valence-corrected chi connectivity index (χ4v) is 1.95. The van der Waals surface area contributed by atoms with Gasteiger partial charge >= 0.3 is 0 Å². The smallest absolute Gasteiger partial charge is 0.121 e. The first-order valence-corrected chi connectivity index (χ1v) is 4.42. The molecule has 1 fully saturated rings. The van der Waals surface area contributed by atoms with Crippen molar-refractivity contribution >= 4 is 0 Å². The Morgan fingerprint density at radius 3 is 2.92 bits per heavy atom. The summed E-state index contributed by atoms with van der Waals surface area (Å²) in [4.78, 5) is 4.09. The fraction of sp³-hybridized carbons (Fsp3) is 0.667. The van der Waals surface area contributed by atoms with Crippen molar-refractivity contribution < 1.29 is 4.39 Å². The van der Waals surface area contributed by atoms with Crippen LogP contribution in [0.1, 0.15) is 31.1 Å². The molecule has 0 aromatic carbocycles. The Kier molecular flexibility index (Phi) is 1.87. The monoisotopic (exact) mass is 168 g/mol. The van der Waals surface area contributed by atoms with E-state index >= 15 is 0 Å². The number of aryl methyl sites for hydroxylation is 1. The van der Waals surface area contributed by atoms with E-state index in [-0.39, 0.29) is 6.04 Å². The molecule has 0 radical (unpaired) electrons. The number of nitrogens with zero attached hydrogens (tertiary/aromatic N) is 2. The van der Waals surface area contributed by atoms with Crippen LogP contribution in [0.15, 0.2) is 12.4 Å². The molecule has 0 aliphatic heterocycles. The molecule has 2 atom stereocenters. The van der Waals surface area contributed by atoms with E-state index in [1.807, 2.05) is 17.7 Å². The van der Waals surface area contributed by atoms with Gasteiger partial charge in [-0.25, -0.2) is 9.37 Å². The van der Waals surface area contributed by atoms with E-state index in [9.17, 15) is 4.39 Å². The third-order valence-electron chi connectivity index (χ3n) is 2.62. The lowest BCUT2D eigenvalue weighted by molar-refractivity contribution is 0.261. The number of rotatable bonds is 1. The van der Waals surface area contributed by atoms with Crippen LogP contribution in [0.3, 0.4) is 0 Å². The van der Waals surface area contributed by atoms with Crippen molar-refractivity contribution in [2.45, 2.75) is 38.4 Å². The van der Waals surface area contributed by atoms with Crippen LogP contribution in [0, 0.1) is 6.92 Å². The summed E-state index contributed by atoms with van der Waals surface area (Å²) in [5, 5.41) is 0. The van der Waals surface area contributed by atoms with Gasteiger partial charge in [0.25, 0.3) is 0 Å². The van der Waals surface area contributed by atoms with Crippen molar-refractivity contribution in [1.29, 1.82) is 0 Å². The lowest BCUT2D eigenvalue weighted by Crippen LogP contribution is -2.15. The second-order valence-corrected chi connectivity index (χ2v) is 3.40. The quantitative estimate of drug-likeness (QED) is 0.629. The number of hydrogen-bond acceptors (Lipinski definition) is 1. The van der Waals surface area contributed by atoms with Gasteiger partial charge < -0.3 is 4.57 Å². The minimum Gasteiger partial charge on any atom is -0.329 e. The van der Waals surface area contributed by atoms with E-state index < -0.39 is 6.17 Å². The minimum atomic E-state index is -0.669. The van der Waals surface area contributed by atoms with E-state index in [1.54, 1.807) is 6.20 Å². The molecule has 1 aromatic heterocycles. The lowest BCUT2D eigenvalue weighted by Gasteiger charge is -2.15. The Bertz CT molecular complexity index is 269. The molecule has 2 nitrogen and oxygen atoms in total. The van der Waals surface area contributed by atoms with E-state index in [0.717, 1.165) is 18.7 Å². The molecule has 0 N–H and O–H groups in total. The van der Waals surface area contributed by atoms with Crippen LogP contribution in [0.25, 0.3) is 0 Å². The third kappa shape index (κ3) is 1.13. The standard InChI is InChI=1S/C9H13FN2/c1-7-11-5-6-12(7)9-4-2-3-8(9)10/h5-6,8-9H,2-4H2,1H3/t8-,9-/m1/s1.